The van der Waals surface area contributed by atoms with Crippen molar-refractivity contribution in [2.75, 3.05) is 23.9 Å². The van der Waals surface area contributed by atoms with E-state index in [9.17, 15) is 0 Å². The van der Waals surface area contributed by atoms with Gasteiger partial charge < -0.3 is 24.3 Å². The normalized spacial score (nSPS) is 16.8. The van der Waals surface area contributed by atoms with Crippen LogP contribution in [0.3, 0.4) is 0 Å². The van der Waals surface area contributed by atoms with E-state index < -0.39 is 0 Å². The fraction of sp³-hybridized carbons (Fsp3) is 0.241. The Hall–Kier alpha value is -2.75. The van der Waals surface area contributed by atoms with Crippen LogP contribution in [-0.4, -0.2) is 23.9 Å². The van der Waals surface area contributed by atoms with E-state index in [-0.39, 0.29) is 26.6 Å². The van der Waals surface area contributed by atoms with Crippen LogP contribution >= 0.6 is 0 Å². The summed E-state index contributed by atoms with van der Waals surface area (Å²) in [5.41, 5.74) is 6.78. The molecule has 0 amide bonds. The number of nitrogens with zero attached hydrogens (tertiary/aromatic N) is 4. The number of anilines is 3. The van der Waals surface area contributed by atoms with Gasteiger partial charge in [0.05, 0.1) is 0 Å². The monoisotopic (exact) mass is 645 g/mol. The Morgan fingerprint density at radius 3 is 2.11 bits per heavy atom. The second-order valence-corrected chi connectivity index (χ2v) is 9.50. The van der Waals surface area contributed by atoms with Crippen molar-refractivity contribution < 1.29 is 25.8 Å². The van der Waals surface area contributed by atoms with Gasteiger partial charge in [0.2, 0.25) is 0 Å². The molecule has 3 aromatic carbocycles. The van der Waals surface area contributed by atoms with Crippen LogP contribution in [0, 0.1) is 39.3 Å². The van der Waals surface area contributed by atoms with Crippen LogP contribution in [-0.2, 0) is 26.6 Å². The molecule has 0 saturated carbocycles. The summed E-state index contributed by atoms with van der Waals surface area (Å²) >= 11 is 0. The molecule has 2 heterocycles. The van der Waals surface area contributed by atoms with Gasteiger partial charge in [-0.05, 0) is 76.9 Å². The van der Waals surface area contributed by atoms with Gasteiger partial charge in [0.15, 0.2) is 0 Å². The number of hydrogen-bond donors (Lipinski definition) is 0. The summed E-state index contributed by atoms with van der Waals surface area (Å²) in [7, 11) is 4.11. The third kappa shape index (κ3) is 4.85. The number of rotatable bonds is 4. The van der Waals surface area contributed by atoms with Gasteiger partial charge in [-0.25, -0.2) is 0 Å². The molecule has 182 valence electrons. The van der Waals surface area contributed by atoms with E-state index in [0.29, 0.717) is 11.5 Å². The minimum atomic E-state index is -0.108. The van der Waals surface area contributed by atoms with E-state index in [2.05, 4.69) is 81.5 Å². The molecule has 0 N–H and O–H groups in total. The van der Waals surface area contributed by atoms with E-state index in [1.807, 2.05) is 66.2 Å². The van der Waals surface area contributed by atoms with Crippen molar-refractivity contribution in [1.82, 2.24) is 9.80 Å². The van der Waals surface area contributed by atoms with Crippen molar-refractivity contribution in [3.63, 3.8) is 0 Å². The fourth-order valence-electron chi connectivity index (χ4n) is 4.25. The zero-order chi connectivity index (χ0) is 24.0. The van der Waals surface area contributed by atoms with E-state index >= 15 is 0 Å². The third-order valence-electron chi connectivity index (χ3n) is 6.73. The topological polar surface area (TPSA) is 22.2 Å². The summed E-state index contributed by atoms with van der Waals surface area (Å²) in [6, 6.07) is 23.3. The molecule has 0 aromatic heterocycles. The molecule has 0 unspecified atom stereocenters. The molecular weight excluding hydrogens is 615 g/mol. The first-order valence-corrected chi connectivity index (χ1v) is 11.5. The van der Waals surface area contributed by atoms with Crippen molar-refractivity contribution >= 4 is 17.1 Å². The number of fused-ring (bicyclic) bond motifs is 1. The first-order valence-electron chi connectivity index (χ1n) is 11.5. The zero-order valence-corrected chi connectivity index (χ0v) is 23.2. The summed E-state index contributed by atoms with van der Waals surface area (Å²) < 4.78 is 6.19. The molecule has 0 aliphatic carbocycles. The van der Waals surface area contributed by atoms with Crippen LogP contribution in [0.25, 0.3) is 0 Å². The minimum absolute atomic E-state index is 0. The molecule has 0 atom stereocenters. The van der Waals surface area contributed by atoms with Gasteiger partial charge in [-0.1, -0.05) is 6.07 Å². The number of ether oxygens (including phenoxy) is 1. The standard InChI is InChI=1S/C29H30N4O.Pt/c1-21-15-27-28(16-22(21)2)33(20-31(6)29(27,3)4)24-10-8-12-26(18-24)34-25-11-7-9-23(17-25)32-14-13-30(5)19-32;/h7-16,19-20H,1-6H3;/q-4;+4. The molecule has 6 heteroatoms. The molecule has 35 heavy (non-hydrogen) atoms. The maximum atomic E-state index is 6.19. The molecule has 3 aromatic rings. The Bertz CT molecular complexity index is 1260. The molecule has 2 aliphatic rings. The number of hydrogen-bond acceptors (Lipinski definition) is 5. The van der Waals surface area contributed by atoms with E-state index in [1.54, 1.807) is 0 Å². The summed E-state index contributed by atoms with van der Waals surface area (Å²) in [6.45, 7) is 13.0. The Morgan fingerprint density at radius 1 is 0.829 bits per heavy atom. The van der Waals surface area contributed by atoms with Crippen molar-refractivity contribution in [2.45, 2.75) is 33.2 Å². The molecule has 0 radical (unpaired) electrons. The summed E-state index contributed by atoms with van der Waals surface area (Å²) in [4.78, 5) is 8.45. The zero-order valence-electron chi connectivity index (χ0n) is 20.9. The summed E-state index contributed by atoms with van der Waals surface area (Å²) in [5, 5.41) is 0. The van der Waals surface area contributed by atoms with Crippen LogP contribution in [0.2, 0.25) is 0 Å². The van der Waals surface area contributed by atoms with Gasteiger partial charge in [0.25, 0.3) is 0 Å². The molecule has 0 bridgehead atoms. The Morgan fingerprint density at radius 2 is 1.46 bits per heavy atom. The Kier molecular flexibility index (Phi) is 7.04. The molecule has 0 spiro atoms. The quantitative estimate of drug-likeness (QED) is 0.303. The molecule has 0 fully saturated rings. The van der Waals surface area contributed by atoms with Crippen LogP contribution < -0.4 is 14.5 Å². The molecule has 5 rings (SSSR count). The van der Waals surface area contributed by atoms with E-state index in [4.69, 9.17) is 4.74 Å². The van der Waals surface area contributed by atoms with Crippen LogP contribution in [0.4, 0.5) is 17.1 Å². The third-order valence-corrected chi connectivity index (χ3v) is 6.73. The fourth-order valence-corrected chi connectivity index (χ4v) is 4.25. The Balaban J connectivity index is 0.00000289. The van der Waals surface area contributed by atoms with Crippen LogP contribution in [0.15, 0.2) is 60.9 Å². The Labute approximate surface area is 223 Å². The van der Waals surface area contributed by atoms with Crippen LogP contribution in [0.1, 0.15) is 30.5 Å². The van der Waals surface area contributed by atoms with Gasteiger partial charge in [0, 0.05) is 22.7 Å². The number of aryl methyl sites for hydroxylation is 2. The largest absolute Gasteiger partial charge is 4.00 e. The maximum absolute atomic E-state index is 6.19. The second-order valence-electron chi connectivity index (χ2n) is 9.50. The predicted octanol–water partition coefficient (Wildman–Crippen LogP) is 6.47. The summed E-state index contributed by atoms with van der Waals surface area (Å²) in [6.07, 6.45) is 3.99. The van der Waals surface area contributed by atoms with Gasteiger partial charge in [-0.15, -0.1) is 47.8 Å². The van der Waals surface area contributed by atoms with Crippen LogP contribution in [0.5, 0.6) is 11.5 Å². The van der Waals surface area contributed by atoms with E-state index in [1.165, 1.54) is 22.4 Å². The average molecular weight is 646 g/mol. The smallest absolute Gasteiger partial charge is 0.510 e. The van der Waals surface area contributed by atoms with Gasteiger partial charge >= 0.3 is 21.1 Å². The van der Waals surface area contributed by atoms with Gasteiger partial charge in [0.1, 0.15) is 0 Å². The van der Waals surface area contributed by atoms with Crippen molar-refractivity contribution in [1.29, 1.82) is 0 Å². The molecule has 0 saturated heterocycles. The molecule has 5 nitrogen and oxygen atoms in total. The average Bonchev–Trinajstić information content (AvgIpc) is 3.25. The number of benzene rings is 3. The van der Waals surface area contributed by atoms with E-state index in [0.717, 1.165) is 11.4 Å². The SMILES string of the molecule is Cc1cc2c(cc1C)C(C)(C)N(C)[CH-]N2c1[c-]c(Oc2[c-]c(N3C=CN(C)[CH-]3)ccc2)ccc1.[Pt+4]. The maximum Gasteiger partial charge on any atom is 4.00 e. The summed E-state index contributed by atoms with van der Waals surface area (Å²) in [5.74, 6) is 1.30. The second kappa shape index (κ2) is 9.72. The molecule has 2 aliphatic heterocycles. The predicted molar refractivity (Wildman–Crippen MR) is 137 cm³/mol. The van der Waals surface area contributed by atoms with Crippen molar-refractivity contribution in [3.05, 3.63) is 103 Å². The molecular formula is C29H30N4OPt. The first-order chi connectivity index (χ1) is 16.2. The van der Waals surface area contributed by atoms with Crippen molar-refractivity contribution in [3.8, 4) is 11.5 Å². The van der Waals surface area contributed by atoms with Crippen molar-refractivity contribution in [2.24, 2.45) is 0 Å². The van der Waals surface area contributed by atoms with Gasteiger partial charge in [-0.3, -0.25) is 0 Å². The minimum Gasteiger partial charge on any atom is -0.510 e. The van der Waals surface area contributed by atoms with Gasteiger partial charge in [-0.2, -0.15) is 25.5 Å². The first kappa shape index (κ1) is 25.3.